The third-order valence-corrected chi connectivity index (χ3v) is 4.37. The Balaban J connectivity index is 1.67. The van der Waals surface area contributed by atoms with E-state index in [1.807, 2.05) is 48.0 Å². The minimum Gasteiger partial charge on any atom is -0.441 e. The molecule has 126 valence electrons. The van der Waals surface area contributed by atoms with E-state index in [1.165, 1.54) is 0 Å². The lowest BCUT2D eigenvalue weighted by atomic mass is 10.2. The lowest BCUT2D eigenvalue weighted by Crippen LogP contribution is -2.35. The number of para-hydroxylation sites is 2. The maximum atomic E-state index is 9.61. The van der Waals surface area contributed by atoms with Crippen LogP contribution in [-0.2, 0) is 11.8 Å². The van der Waals surface area contributed by atoms with Gasteiger partial charge in [-0.15, -0.1) is 0 Å². The van der Waals surface area contributed by atoms with Crippen LogP contribution in [-0.4, -0.2) is 35.9 Å². The van der Waals surface area contributed by atoms with E-state index >= 15 is 0 Å². The van der Waals surface area contributed by atoms with Gasteiger partial charge in [-0.25, -0.2) is 4.98 Å². The van der Waals surface area contributed by atoms with Crippen LogP contribution in [0.1, 0.15) is 11.6 Å². The number of hydrogen-bond acceptors (Lipinski definition) is 5. The fourth-order valence-corrected chi connectivity index (χ4v) is 3.05. The zero-order valence-electron chi connectivity index (χ0n) is 14.0. The summed E-state index contributed by atoms with van der Waals surface area (Å²) in [5, 5.41) is 9.61. The first-order valence-corrected chi connectivity index (χ1v) is 8.22. The maximum absolute atomic E-state index is 9.61. The van der Waals surface area contributed by atoms with E-state index < -0.39 is 0 Å². The highest BCUT2D eigenvalue weighted by Crippen LogP contribution is 2.25. The number of allylic oxidation sites excluding steroid dienone is 1. The molecule has 1 fully saturated rings. The van der Waals surface area contributed by atoms with Gasteiger partial charge in [0, 0.05) is 32.3 Å². The number of morpholine rings is 1. The second-order valence-corrected chi connectivity index (χ2v) is 5.93. The molecule has 0 aliphatic carbocycles. The van der Waals surface area contributed by atoms with Crippen LogP contribution in [0.15, 0.2) is 40.8 Å². The van der Waals surface area contributed by atoms with Gasteiger partial charge in [-0.1, -0.05) is 12.1 Å². The predicted molar refractivity (Wildman–Crippen MR) is 95.9 cm³/mol. The number of nitrogens with zero attached hydrogens (tertiary/aromatic N) is 4. The Morgan fingerprint density at radius 2 is 2.00 bits per heavy atom. The monoisotopic (exact) mass is 334 g/mol. The van der Waals surface area contributed by atoms with Gasteiger partial charge >= 0.3 is 0 Å². The van der Waals surface area contributed by atoms with Crippen molar-refractivity contribution in [1.29, 1.82) is 5.26 Å². The molecule has 2 aromatic heterocycles. The molecule has 1 aliphatic rings. The highest BCUT2D eigenvalue weighted by Gasteiger charge is 2.16. The number of nitriles is 1. The number of anilines is 1. The van der Waals surface area contributed by atoms with Crippen LogP contribution in [0.25, 0.3) is 22.7 Å². The van der Waals surface area contributed by atoms with Crippen molar-refractivity contribution in [1.82, 2.24) is 9.55 Å². The number of aromatic nitrogens is 2. The van der Waals surface area contributed by atoms with E-state index in [-0.39, 0.29) is 0 Å². The van der Waals surface area contributed by atoms with E-state index in [2.05, 4.69) is 16.0 Å². The van der Waals surface area contributed by atoms with Gasteiger partial charge in [0.2, 0.25) is 0 Å². The number of hydrogen-bond donors (Lipinski definition) is 0. The molecule has 6 heteroatoms. The Labute approximate surface area is 145 Å². The number of benzene rings is 1. The van der Waals surface area contributed by atoms with E-state index in [1.54, 1.807) is 6.08 Å². The summed E-state index contributed by atoms with van der Waals surface area (Å²) in [5.41, 5.74) is 2.34. The Bertz CT molecular complexity index is 971. The minimum atomic E-state index is 0.474. The molecule has 3 aromatic rings. The van der Waals surface area contributed by atoms with Gasteiger partial charge in [0.05, 0.1) is 29.8 Å². The second kappa shape index (κ2) is 6.46. The molecule has 1 aliphatic heterocycles. The van der Waals surface area contributed by atoms with E-state index in [0.717, 1.165) is 30.0 Å². The molecule has 0 spiro atoms. The third-order valence-electron chi connectivity index (χ3n) is 4.37. The lowest BCUT2D eigenvalue weighted by molar-refractivity contribution is 0.120. The summed E-state index contributed by atoms with van der Waals surface area (Å²) in [5.74, 6) is 2.08. The second-order valence-electron chi connectivity index (χ2n) is 5.93. The molecule has 0 atom stereocenters. The first kappa shape index (κ1) is 15.5. The fourth-order valence-electron chi connectivity index (χ4n) is 3.05. The van der Waals surface area contributed by atoms with Crippen LogP contribution in [0.3, 0.4) is 0 Å². The van der Waals surface area contributed by atoms with Gasteiger partial charge in [-0.2, -0.15) is 5.26 Å². The number of fused-ring (bicyclic) bond motifs is 1. The molecular formula is C19H18N4O2. The number of furan rings is 1. The standard InChI is InChI=1S/C19H18N4O2/c1-22-17-5-3-2-4-16(17)21-19(22)14(13-20)12-15-6-7-18(25-15)23-8-10-24-11-9-23/h2-7,12H,8-11H2,1H3/b14-12+. The zero-order valence-corrected chi connectivity index (χ0v) is 14.0. The van der Waals surface area contributed by atoms with Crippen LogP contribution in [0.2, 0.25) is 0 Å². The molecule has 6 nitrogen and oxygen atoms in total. The van der Waals surface area contributed by atoms with Gasteiger partial charge in [-0.05, 0) is 18.2 Å². The Hall–Kier alpha value is -3.04. The van der Waals surface area contributed by atoms with Crippen molar-refractivity contribution in [3.8, 4) is 6.07 Å². The Morgan fingerprint density at radius 1 is 1.20 bits per heavy atom. The van der Waals surface area contributed by atoms with Crippen molar-refractivity contribution < 1.29 is 9.15 Å². The van der Waals surface area contributed by atoms with Crippen molar-refractivity contribution in [2.24, 2.45) is 7.05 Å². The normalized spacial score (nSPS) is 15.5. The lowest BCUT2D eigenvalue weighted by Gasteiger charge is -2.26. The highest BCUT2D eigenvalue weighted by atomic mass is 16.5. The first-order chi connectivity index (χ1) is 12.3. The van der Waals surface area contributed by atoms with Crippen LogP contribution in [0, 0.1) is 11.3 Å². The number of imidazole rings is 1. The summed E-state index contributed by atoms with van der Waals surface area (Å²) in [7, 11) is 1.91. The average Bonchev–Trinajstić information content (AvgIpc) is 3.26. The van der Waals surface area contributed by atoms with Gasteiger partial charge in [0.15, 0.2) is 11.7 Å². The van der Waals surface area contributed by atoms with Crippen LogP contribution in [0.5, 0.6) is 0 Å². The zero-order chi connectivity index (χ0) is 17.2. The minimum absolute atomic E-state index is 0.474. The largest absolute Gasteiger partial charge is 0.441 e. The summed E-state index contributed by atoms with van der Waals surface area (Å²) < 4.78 is 13.2. The van der Waals surface area contributed by atoms with Crippen molar-refractivity contribution in [3.63, 3.8) is 0 Å². The molecule has 0 radical (unpaired) electrons. The molecule has 0 unspecified atom stereocenters. The third kappa shape index (κ3) is 2.90. The summed E-state index contributed by atoms with van der Waals surface area (Å²) in [4.78, 5) is 6.72. The molecule has 0 saturated carbocycles. The molecule has 0 N–H and O–H groups in total. The molecule has 0 amide bonds. The molecular weight excluding hydrogens is 316 g/mol. The summed E-state index contributed by atoms with van der Waals surface area (Å²) in [6, 6.07) is 13.9. The van der Waals surface area contributed by atoms with Crippen molar-refractivity contribution in [2.45, 2.75) is 0 Å². The van der Waals surface area contributed by atoms with Crippen molar-refractivity contribution >= 4 is 28.6 Å². The summed E-state index contributed by atoms with van der Waals surface area (Å²) in [6.45, 7) is 3.03. The van der Waals surface area contributed by atoms with Crippen molar-refractivity contribution in [2.75, 3.05) is 31.2 Å². The molecule has 0 bridgehead atoms. The van der Waals surface area contributed by atoms with Gasteiger partial charge in [0.1, 0.15) is 11.8 Å². The van der Waals surface area contributed by atoms with Crippen LogP contribution >= 0.6 is 0 Å². The SMILES string of the molecule is Cn1c(/C(C#N)=C/c2ccc(N3CCOCC3)o2)nc2ccccc21. The summed E-state index contributed by atoms with van der Waals surface area (Å²) in [6.07, 6.45) is 1.74. The number of aryl methyl sites for hydroxylation is 1. The van der Waals surface area contributed by atoms with Crippen molar-refractivity contribution in [3.05, 3.63) is 48.0 Å². The predicted octanol–water partition coefficient (Wildman–Crippen LogP) is 3.07. The highest BCUT2D eigenvalue weighted by molar-refractivity contribution is 5.90. The van der Waals surface area contributed by atoms with Crippen LogP contribution in [0.4, 0.5) is 5.88 Å². The molecule has 1 saturated heterocycles. The van der Waals surface area contributed by atoms with E-state index in [4.69, 9.17) is 9.15 Å². The number of ether oxygens (including phenoxy) is 1. The van der Waals surface area contributed by atoms with E-state index in [0.29, 0.717) is 30.4 Å². The van der Waals surface area contributed by atoms with Crippen LogP contribution < -0.4 is 4.90 Å². The number of rotatable bonds is 3. The first-order valence-electron chi connectivity index (χ1n) is 8.22. The molecule has 3 heterocycles. The molecule has 1 aromatic carbocycles. The van der Waals surface area contributed by atoms with Gasteiger partial charge in [0.25, 0.3) is 0 Å². The van der Waals surface area contributed by atoms with Gasteiger partial charge < -0.3 is 18.6 Å². The summed E-state index contributed by atoms with van der Waals surface area (Å²) >= 11 is 0. The van der Waals surface area contributed by atoms with E-state index in [9.17, 15) is 5.26 Å². The average molecular weight is 334 g/mol. The smallest absolute Gasteiger partial charge is 0.196 e. The maximum Gasteiger partial charge on any atom is 0.196 e. The Kier molecular flexibility index (Phi) is 4.00. The molecule has 25 heavy (non-hydrogen) atoms. The van der Waals surface area contributed by atoms with Gasteiger partial charge in [-0.3, -0.25) is 0 Å². The molecule has 4 rings (SSSR count). The topological polar surface area (TPSA) is 67.2 Å². The fraction of sp³-hybridized carbons (Fsp3) is 0.263. The Morgan fingerprint density at radius 3 is 2.76 bits per heavy atom. The quantitative estimate of drug-likeness (QED) is 0.689.